The van der Waals surface area contributed by atoms with Gasteiger partial charge in [-0.1, -0.05) is 30.8 Å². The molecule has 1 atom stereocenters. The van der Waals surface area contributed by atoms with E-state index in [-0.39, 0.29) is 60.2 Å². The molecule has 19 nitrogen and oxygen atoms in total. The molecule has 2 aliphatic heterocycles. The molecule has 342 valence electrons. The average Bonchev–Trinajstić information content (AvgIpc) is 3.76. The van der Waals surface area contributed by atoms with Gasteiger partial charge in [-0.25, -0.2) is 14.8 Å². The maximum Gasteiger partial charge on any atom is 0.342 e. The minimum absolute atomic E-state index is 0.00647. The number of nitrogens with zero attached hydrogens (tertiary/aromatic N) is 5. The third-order valence-corrected chi connectivity index (χ3v) is 11.2. The molecule has 0 spiro atoms. The van der Waals surface area contributed by atoms with Gasteiger partial charge < -0.3 is 40.2 Å². The van der Waals surface area contributed by atoms with Crippen LogP contribution in [0.5, 0.6) is 5.75 Å². The van der Waals surface area contributed by atoms with E-state index in [1.54, 1.807) is 27.0 Å². The highest BCUT2D eigenvalue weighted by atomic mass is 16.5. The molecule has 1 unspecified atom stereocenters. The van der Waals surface area contributed by atoms with Crippen molar-refractivity contribution in [1.29, 1.82) is 0 Å². The predicted octanol–water partition coefficient (Wildman–Crippen LogP) is 5.02. The van der Waals surface area contributed by atoms with Crippen molar-refractivity contribution in [1.82, 2.24) is 29.7 Å². The summed E-state index contributed by atoms with van der Waals surface area (Å²) in [6.07, 6.45) is 4.44. The molecule has 1 fully saturated rings. The summed E-state index contributed by atoms with van der Waals surface area (Å²) in [5, 5.41) is 15.1. The van der Waals surface area contributed by atoms with Gasteiger partial charge in [0.05, 0.1) is 47.1 Å². The summed E-state index contributed by atoms with van der Waals surface area (Å²) < 4.78 is 13.5. The van der Waals surface area contributed by atoms with E-state index in [0.29, 0.717) is 52.6 Å². The van der Waals surface area contributed by atoms with Crippen molar-refractivity contribution in [3.63, 3.8) is 0 Å². The van der Waals surface area contributed by atoms with Crippen LogP contribution in [0.4, 0.5) is 28.7 Å². The Balaban J connectivity index is 1.09. The standard InChI is InChI=1S/C47H50N10O9/c1-8-36(58)51-32-22-33(52-47-49-23-29(46(64)66-25(2)3)40(54-47)30-24-56(6)34-15-10-9-12-26(30)34)42(65-7)41(48-4)27(32)18-20-55(5)21-19-38(60)50-31-14-11-13-28-39(31)45(63)57(44(28)62)35-16-17-37(59)53-43(35)61/h8-15,22-25,35,48H,1,16-21H2,2-7H3,(H,50,60)(H,51,58)(H,49,52,54)(H,53,59,61). The molecule has 1 saturated heterocycles. The first kappa shape index (κ1) is 46.1. The van der Waals surface area contributed by atoms with Crippen molar-refractivity contribution in [3.8, 4) is 17.0 Å². The number of likely N-dealkylation sites (N-methyl/N-ethyl adjacent to an activating group) is 1. The SMILES string of the molecule is C=CC(=O)Nc1cc(Nc2ncc(C(=O)OC(C)C)c(-c3cn(C)c4ccccc34)n2)c(OC)c(NC)c1CCN(C)CCC(=O)Nc1cccc2c1C(=O)N(C1CCC(=O)NC1=O)C2=O. The molecule has 2 aromatic heterocycles. The molecule has 0 bridgehead atoms. The minimum Gasteiger partial charge on any atom is -0.492 e. The molecule has 4 heterocycles. The molecular weight excluding hydrogens is 849 g/mol. The third kappa shape index (κ3) is 9.32. The Bertz CT molecular complexity index is 2820. The number of ether oxygens (including phenoxy) is 2. The maximum atomic E-state index is 13.5. The molecule has 0 aliphatic carbocycles. The summed E-state index contributed by atoms with van der Waals surface area (Å²) in [5.74, 6) is -3.56. The monoisotopic (exact) mass is 898 g/mol. The zero-order valence-corrected chi connectivity index (χ0v) is 37.4. The summed E-state index contributed by atoms with van der Waals surface area (Å²) in [4.78, 5) is 103. The van der Waals surface area contributed by atoms with E-state index in [1.807, 2.05) is 54.0 Å². The van der Waals surface area contributed by atoms with Crippen LogP contribution in [0.2, 0.25) is 0 Å². The van der Waals surface area contributed by atoms with E-state index >= 15 is 0 Å². The molecule has 2 aliphatic rings. The Morgan fingerprint density at radius 3 is 2.48 bits per heavy atom. The Morgan fingerprint density at radius 2 is 1.77 bits per heavy atom. The molecular formula is C47H50N10O9. The first-order valence-electron chi connectivity index (χ1n) is 21.2. The molecule has 0 radical (unpaired) electrons. The lowest BCUT2D eigenvalue weighted by Gasteiger charge is -2.27. The van der Waals surface area contributed by atoms with Crippen LogP contribution in [0.1, 0.15) is 69.7 Å². The fraction of sp³-hybridized carbons (Fsp3) is 0.298. The van der Waals surface area contributed by atoms with Crippen molar-refractivity contribution in [2.24, 2.45) is 7.05 Å². The second-order valence-corrected chi connectivity index (χ2v) is 16.0. The highest BCUT2D eigenvalue weighted by molar-refractivity contribution is 6.26. The van der Waals surface area contributed by atoms with Crippen molar-refractivity contribution in [2.75, 3.05) is 55.6 Å². The molecule has 5 N–H and O–H groups in total. The number of rotatable bonds is 17. The molecule has 19 heteroatoms. The van der Waals surface area contributed by atoms with Gasteiger partial charge in [0, 0.05) is 80.1 Å². The van der Waals surface area contributed by atoms with Crippen LogP contribution in [0.3, 0.4) is 0 Å². The number of esters is 1. The topological polar surface area (TPSA) is 235 Å². The summed E-state index contributed by atoms with van der Waals surface area (Å²) in [6, 6.07) is 12.8. The van der Waals surface area contributed by atoms with E-state index in [4.69, 9.17) is 14.5 Å². The molecule has 0 saturated carbocycles. The van der Waals surface area contributed by atoms with Crippen LogP contribution < -0.4 is 31.3 Å². The normalized spacial score (nSPS) is 14.6. The van der Waals surface area contributed by atoms with Crippen molar-refractivity contribution < 1.29 is 43.0 Å². The van der Waals surface area contributed by atoms with Crippen LogP contribution in [0.25, 0.3) is 22.2 Å². The maximum absolute atomic E-state index is 13.5. The number of amides is 6. The van der Waals surface area contributed by atoms with E-state index in [2.05, 4.69) is 38.1 Å². The zero-order chi connectivity index (χ0) is 47.4. The van der Waals surface area contributed by atoms with E-state index < -0.39 is 47.5 Å². The largest absolute Gasteiger partial charge is 0.492 e. The van der Waals surface area contributed by atoms with Crippen molar-refractivity contribution >= 4 is 81.0 Å². The van der Waals surface area contributed by atoms with Crippen LogP contribution in [-0.2, 0) is 37.4 Å². The van der Waals surface area contributed by atoms with Gasteiger partial charge in [0.2, 0.25) is 29.6 Å². The lowest BCUT2D eigenvalue weighted by atomic mass is 10.0. The first-order chi connectivity index (χ1) is 31.6. The number of methoxy groups -OCH3 is 1. The number of imide groups is 2. The number of para-hydroxylation sites is 1. The molecule has 3 aromatic carbocycles. The number of anilines is 5. The summed E-state index contributed by atoms with van der Waals surface area (Å²) in [7, 11) is 6.95. The lowest BCUT2D eigenvalue weighted by Crippen LogP contribution is -2.54. The number of nitrogens with one attached hydrogen (secondary N) is 5. The summed E-state index contributed by atoms with van der Waals surface area (Å²) >= 11 is 0. The highest BCUT2D eigenvalue weighted by Crippen LogP contribution is 2.43. The quantitative estimate of drug-likeness (QED) is 0.0469. The number of hydrogen-bond acceptors (Lipinski definition) is 14. The van der Waals surface area contributed by atoms with Gasteiger partial charge in [-0.05, 0) is 64.1 Å². The minimum atomic E-state index is -1.14. The Kier molecular flexibility index (Phi) is 13.6. The molecule has 6 amide bonds. The van der Waals surface area contributed by atoms with Crippen molar-refractivity contribution in [2.45, 2.75) is 51.7 Å². The number of benzene rings is 3. The van der Waals surface area contributed by atoms with Crippen molar-refractivity contribution in [3.05, 3.63) is 95.8 Å². The molecule has 5 aromatic rings. The fourth-order valence-electron chi connectivity index (χ4n) is 8.09. The van der Waals surface area contributed by atoms with E-state index in [1.165, 1.54) is 31.5 Å². The second kappa shape index (κ2) is 19.4. The molecule has 66 heavy (non-hydrogen) atoms. The van der Waals surface area contributed by atoms with Gasteiger partial charge >= 0.3 is 5.97 Å². The van der Waals surface area contributed by atoms with E-state index in [9.17, 15) is 33.6 Å². The average molecular weight is 899 g/mol. The van der Waals surface area contributed by atoms with Gasteiger partial charge in [0.1, 0.15) is 11.6 Å². The third-order valence-electron chi connectivity index (χ3n) is 11.2. The van der Waals surface area contributed by atoms with Gasteiger partial charge in [-0.3, -0.25) is 39.0 Å². The fourth-order valence-corrected chi connectivity index (χ4v) is 8.09. The van der Waals surface area contributed by atoms with Gasteiger partial charge in [0.25, 0.3) is 11.8 Å². The Labute approximate surface area is 379 Å². The Morgan fingerprint density at radius 1 is 1.00 bits per heavy atom. The first-order valence-corrected chi connectivity index (χ1v) is 21.2. The Hall–Kier alpha value is -7.93. The van der Waals surface area contributed by atoms with Crippen LogP contribution in [0.15, 0.2) is 73.6 Å². The van der Waals surface area contributed by atoms with Gasteiger partial charge in [-0.15, -0.1) is 0 Å². The summed E-state index contributed by atoms with van der Waals surface area (Å²) in [5.41, 5.74) is 4.37. The van der Waals surface area contributed by atoms with Crippen LogP contribution in [0, 0.1) is 0 Å². The lowest BCUT2D eigenvalue weighted by molar-refractivity contribution is -0.136. The zero-order valence-electron chi connectivity index (χ0n) is 37.4. The number of aryl methyl sites for hydroxylation is 1. The predicted molar refractivity (Wildman–Crippen MR) is 247 cm³/mol. The number of fused-ring (bicyclic) bond motifs is 2. The number of piperidine rings is 1. The smallest absolute Gasteiger partial charge is 0.342 e. The number of carbonyl (C=O) groups is 7. The van der Waals surface area contributed by atoms with E-state index in [0.717, 1.165) is 21.9 Å². The number of carbonyl (C=O) groups excluding carboxylic acids is 7. The highest BCUT2D eigenvalue weighted by Gasteiger charge is 2.45. The van der Waals surface area contributed by atoms with Gasteiger partial charge in [0.15, 0.2) is 5.75 Å². The van der Waals surface area contributed by atoms with Crippen LogP contribution >= 0.6 is 0 Å². The number of hydrogen-bond donors (Lipinski definition) is 5. The second-order valence-electron chi connectivity index (χ2n) is 16.0. The molecule has 7 rings (SSSR count). The summed E-state index contributed by atoms with van der Waals surface area (Å²) in [6.45, 7) is 7.84. The van der Waals surface area contributed by atoms with Gasteiger partial charge in [-0.2, -0.15) is 0 Å². The van der Waals surface area contributed by atoms with Crippen LogP contribution in [-0.4, -0.2) is 112 Å². The number of aromatic nitrogens is 3.